The van der Waals surface area contributed by atoms with Crippen LogP contribution in [-0.2, 0) is 0 Å². The Morgan fingerprint density at radius 3 is 1.55 bits per heavy atom. The van der Waals surface area contributed by atoms with Crippen LogP contribution in [0.2, 0.25) is 0 Å². The van der Waals surface area contributed by atoms with Crippen molar-refractivity contribution in [3.05, 3.63) is 0 Å². The zero-order valence-electron chi connectivity index (χ0n) is 13.6. The Morgan fingerprint density at radius 2 is 1.27 bits per heavy atom. The van der Waals surface area contributed by atoms with Gasteiger partial charge in [0.15, 0.2) is 0 Å². The van der Waals surface area contributed by atoms with Crippen molar-refractivity contribution in [2.24, 2.45) is 11.8 Å². The Balaban J connectivity index is 2.19. The number of nitrogens with zero attached hydrogens (tertiary/aromatic N) is 2. The van der Waals surface area contributed by atoms with Crippen LogP contribution in [0.4, 0.5) is 9.59 Å². The van der Waals surface area contributed by atoms with Gasteiger partial charge in [0.25, 0.3) is 0 Å². The standard InChI is InChI=1S/C16H28N2O4/c1-3-11(13-7-5-9-17(13)15(19)20)12(4-2)14-8-6-10-18(14)16(21)22/h11-14H,3-10H2,1-2H3,(H,19,20)(H,21,22). The summed E-state index contributed by atoms with van der Waals surface area (Å²) in [6.45, 7) is 5.43. The van der Waals surface area contributed by atoms with Crippen LogP contribution < -0.4 is 0 Å². The Morgan fingerprint density at radius 1 is 0.909 bits per heavy atom. The molecule has 6 nitrogen and oxygen atoms in total. The number of likely N-dealkylation sites (tertiary alicyclic amines) is 2. The van der Waals surface area contributed by atoms with E-state index in [0.717, 1.165) is 38.5 Å². The van der Waals surface area contributed by atoms with E-state index < -0.39 is 12.2 Å². The number of amides is 2. The fourth-order valence-electron chi connectivity index (χ4n) is 4.67. The Bertz CT molecular complexity index is 377. The SMILES string of the molecule is CCC(C(CC)C1CCCN1C(=O)O)C1CCCN1C(=O)O. The van der Waals surface area contributed by atoms with Gasteiger partial charge in [0.1, 0.15) is 0 Å². The van der Waals surface area contributed by atoms with E-state index in [1.54, 1.807) is 9.80 Å². The summed E-state index contributed by atoms with van der Waals surface area (Å²) in [4.78, 5) is 26.1. The molecule has 4 unspecified atom stereocenters. The molecule has 2 heterocycles. The van der Waals surface area contributed by atoms with Gasteiger partial charge >= 0.3 is 12.2 Å². The molecule has 22 heavy (non-hydrogen) atoms. The third kappa shape index (κ3) is 3.15. The van der Waals surface area contributed by atoms with E-state index in [4.69, 9.17) is 0 Å². The average Bonchev–Trinajstić information content (AvgIpc) is 3.12. The summed E-state index contributed by atoms with van der Waals surface area (Å²) in [5.74, 6) is 0.488. The molecule has 2 N–H and O–H groups in total. The molecule has 2 saturated heterocycles. The quantitative estimate of drug-likeness (QED) is 0.816. The van der Waals surface area contributed by atoms with Gasteiger partial charge in [-0.25, -0.2) is 9.59 Å². The number of rotatable bonds is 5. The second kappa shape index (κ2) is 7.20. The van der Waals surface area contributed by atoms with Crippen molar-refractivity contribution in [1.82, 2.24) is 9.80 Å². The Labute approximate surface area is 132 Å². The van der Waals surface area contributed by atoms with E-state index >= 15 is 0 Å². The predicted molar refractivity (Wildman–Crippen MR) is 83.1 cm³/mol. The maximum atomic E-state index is 11.5. The minimum Gasteiger partial charge on any atom is -0.465 e. The molecule has 2 rings (SSSR count). The first kappa shape index (κ1) is 16.9. The van der Waals surface area contributed by atoms with E-state index in [0.29, 0.717) is 13.1 Å². The summed E-state index contributed by atoms with van der Waals surface area (Å²) >= 11 is 0. The molecule has 0 aliphatic carbocycles. The van der Waals surface area contributed by atoms with Crippen LogP contribution in [-0.4, -0.2) is 57.4 Å². The van der Waals surface area contributed by atoms with Crippen LogP contribution in [0.1, 0.15) is 52.4 Å². The van der Waals surface area contributed by atoms with Crippen molar-refractivity contribution < 1.29 is 19.8 Å². The summed E-state index contributed by atoms with van der Waals surface area (Å²) in [6, 6.07) is 0.0902. The van der Waals surface area contributed by atoms with Crippen LogP contribution in [0.3, 0.4) is 0 Å². The highest BCUT2D eigenvalue weighted by Crippen LogP contribution is 2.38. The van der Waals surface area contributed by atoms with Crippen LogP contribution in [0.5, 0.6) is 0 Å². The lowest BCUT2D eigenvalue weighted by Crippen LogP contribution is -2.48. The van der Waals surface area contributed by atoms with Crippen molar-refractivity contribution >= 4 is 12.2 Å². The molecular weight excluding hydrogens is 284 g/mol. The molecule has 0 aromatic rings. The molecule has 2 fully saturated rings. The Kier molecular flexibility index (Phi) is 5.53. The van der Waals surface area contributed by atoms with Gasteiger partial charge in [0.05, 0.1) is 0 Å². The molecule has 0 spiro atoms. The van der Waals surface area contributed by atoms with E-state index in [9.17, 15) is 19.8 Å². The summed E-state index contributed by atoms with van der Waals surface area (Å²) < 4.78 is 0. The summed E-state index contributed by atoms with van der Waals surface area (Å²) in [5, 5.41) is 18.8. The second-order valence-electron chi connectivity index (χ2n) is 6.52. The highest BCUT2D eigenvalue weighted by Gasteiger charge is 2.43. The number of hydrogen-bond acceptors (Lipinski definition) is 2. The number of carbonyl (C=O) groups is 2. The molecule has 2 aliphatic rings. The molecular formula is C16H28N2O4. The van der Waals surface area contributed by atoms with Crippen LogP contribution in [0.25, 0.3) is 0 Å². The average molecular weight is 312 g/mol. The largest absolute Gasteiger partial charge is 0.465 e. The zero-order valence-corrected chi connectivity index (χ0v) is 13.6. The molecule has 2 amide bonds. The molecule has 6 heteroatoms. The van der Waals surface area contributed by atoms with Gasteiger partial charge < -0.3 is 20.0 Å². The van der Waals surface area contributed by atoms with Crippen molar-refractivity contribution in [1.29, 1.82) is 0 Å². The highest BCUT2D eigenvalue weighted by atomic mass is 16.4. The molecule has 0 radical (unpaired) electrons. The van der Waals surface area contributed by atoms with Crippen LogP contribution in [0.15, 0.2) is 0 Å². The van der Waals surface area contributed by atoms with E-state index in [-0.39, 0.29) is 23.9 Å². The second-order valence-corrected chi connectivity index (χ2v) is 6.52. The third-order valence-electron chi connectivity index (χ3n) is 5.57. The van der Waals surface area contributed by atoms with Crippen molar-refractivity contribution in [2.45, 2.75) is 64.5 Å². The molecule has 2 aliphatic heterocycles. The monoisotopic (exact) mass is 312 g/mol. The first-order chi connectivity index (χ1) is 10.5. The topological polar surface area (TPSA) is 81.1 Å². The normalized spacial score (nSPS) is 27.9. The maximum Gasteiger partial charge on any atom is 0.407 e. The molecule has 0 aromatic carbocycles. The lowest BCUT2D eigenvalue weighted by molar-refractivity contribution is 0.0702. The fourth-order valence-corrected chi connectivity index (χ4v) is 4.67. The maximum absolute atomic E-state index is 11.5. The first-order valence-corrected chi connectivity index (χ1v) is 8.50. The van der Waals surface area contributed by atoms with E-state index in [1.165, 1.54) is 0 Å². The molecule has 4 atom stereocenters. The summed E-state index contributed by atoms with van der Waals surface area (Å²) in [5.41, 5.74) is 0. The van der Waals surface area contributed by atoms with Crippen LogP contribution in [0, 0.1) is 11.8 Å². The molecule has 0 bridgehead atoms. The Hall–Kier alpha value is -1.46. The minimum atomic E-state index is -0.836. The van der Waals surface area contributed by atoms with Crippen LogP contribution >= 0.6 is 0 Å². The first-order valence-electron chi connectivity index (χ1n) is 8.50. The number of carboxylic acid groups (broad SMARTS) is 2. The third-order valence-corrected chi connectivity index (χ3v) is 5.57. The smallest absolute Gasteiger partial charge is 0.407 e. The van der Waals surface area contributed by atoms with E-state index in [1.807, 2.05) is 0 Å². The van der Waals surface area contributed by atoms with Gasteiger partial charge in [-0.1, -0.05) is 26.7 Å². The predicted octanol–water partition coefficient (Wildman–Crippen LogP) is 3.32. The molecule has 0 saturated carbocycles. The number of hydrogen-bond donors (Lipinski definition) is 2. The molecule has 0 aromatic heterocycles. The highest BCUT2D eigenvalue weighted by molar-refractivity contribution is 5.66. The van der Waals surface area contributed by atoms with Gasteiger partial charge in [-0.3, -0.25) is 0 Å². The van der Waals surface area contributed by atoms with Gasteiger partial charge in [-0.15, -0.1) is 0 Å². The van der Waals surface area contributed by atoms with Gasteiger partial charge in [0, 0.05) is 25.2 Å². The zero-order chi connectivity index (χ0) is 16.3. The van der Waals surface area contributed by atoms with Crippen molar-refractivity contribution in [2.75, 3.05) is 13.1 Å². The summed E-state index contributed by atoms with van der Waals surface area (Å²) in [6.07, 6.45) is 3.76. The van der Waals surface area contributed by atoms with Crippen molar-refractivity contribution in [3.8, 4) is 0 Å². The molecule has 126 valence electrons. The van der Waals surface area contributed by atoms with Crippen molar-refractivity contribution in [3.63, 3.8) is 0 Å². The van der Waals surface area contributed by atoms with Gasteiger partial charge in [-0.05, 0) is 37.5 Å². The fraction of sp³-hybridized carbons (Fsp3) is 0.875. The lowest BCUT2D eigenvalue weighted by atomic mass is 9.76. The minimum absolute atomic E-state index is 0.0451. The summed E-state index contributed by atoms with van der Waals surface area (Å²) in [7, 11) is 0. The van der Waals surface area contributed by atoms with Gasteiger partial charge in [-0.2, -0.15) is 0 Å². The lowest BCUT2D eigenvalue weighted by Gasteiger charge is -2.39. The van der Waals surface area contributed by atoms with Gasteiger partial charge in [0.2, 0.25) is 0 Å². The van der Waals surface area contributed by atoms with E-state index in [2.05, 4.69) is 13.8 Å².